The van der Waals surface area contributed by atoms with Gasteiger partial charge in [-0.25, -0.2) is 15.0 Å². The smallest absolute Gasteiger partial charge is 0.134 e. The summed E-state index contributed by atoms with van der Waals surface area (Å²) in [5.41, 5.74) is 2.70. The third-order valence-corrected chi connectivity index (χ3v) is 3.38. The second-order valence-corrected chi connectivity index (χ2v) is 5.29. The fourth-order valence-corrected chi connectivity index (χ4v) is 2.19. The van der Waals surface area contributed by atoms with Crippen LogP contribution in [0.1, 0.15) is 25.6 Å². The van der Waals surface area contributed by atoms with E-state index in [1.54, 1.807) is 0 Å². The Balaban J connectivity index is 2.14. The number of benzene rings is 1. The first-order valence-corrected chi connectivity index (χ1v) is 7.10. The van der Waals surface area contributed by atoms with Crippen LogP contribution < -0.4 is 5.32 Å². The molecule has 1 N–H and O–H groups in total. The van der Waals surface area contributed by atoms with Crippen LogP contribution in [0.5, 0.6) is 0 Å². The summed E-state index contributed by atoms with van der Waals surface area (Å²) in [4.78, 5) is 13.8. The van der Waals surface area contributed by atoms with Gasteiger partial charge in [0.15, 0.2) is 0 Å². The molecule has 0 saturated carbocycles. The summed E-state index contributed by atoms with van der Waals surface area (Å²) < 4.78 is 0. The maximum atomic E-state index is 4.70. The molecule has 3 aromatic rings. The van der Waals surface area contributed by atoms with E-state index in [4.69, 9.17) is 4.98 Å². The standard InChI is InChI=1S/C17H18N4/c1-11(2)17-20-15(10-16(18-3)21-17)14-9-8-12-6-4-5-7-13(12)19-14/h4-11H,1-3H3,(H,18,20,21). The Labute approximate surface area is 124 Å². The Kier molecular flexibility index (Phi) is 3.52. The molecule has 0 fully saturated rings. The molecular weight excluding hydrogens is 260 g/mol. The SMILES string of the molecule is CNc1cc(-c2ccc3ccccc3n2)nc(C(C)C)n1. The Morgan fingerprint density at radius 2 is 1.71 bits per heavy atom. The Morgan fingerprint density at radius 1 is 0.905 bits per heavy atom. The molecule has 106 valence electrons. The van der Waals surface area contributed by atoms with Gasteiger partial charge in [0, 0.05) is 24.4 Å². The molecule has 4 nitrogen and oxygen atoms in total. The van der Waals surface area contributed by atoms with E-state index >= 15 is 0 Å². The van der Waals surface area contributed by atoms with E-state index in [2.05, 4.69) is 41.3 Å². The van der Waals surface area contributed by atoms with E-state index in [0.29, 0.717) is 0 Å². The van der Waals surface area contributed by atoms with Gasteiger partial charge >= 0.3 is 0 Å². The maximum Gasteiger partial charge on any atom is 0.134 e. The molecule has 0 aliphatic heterocycles. The summed E-state index contributed by atoms with van der Waals surface area (Å²) in [7, 11) is 1.87. The van der Waals surface area contributed by atoms with Crippen LogP contribution in [0, 0.1) is 0 Å². The second kappa shape index (κ2) is 5.48. The minimum Gasteiger partial charge on any atom is -0.373 e. The molecule has 1 aromatic carbocycles. The lowest BCUT2D eigenvalue weighted by Gasteiger charge is -2.10. The van der Waals surface area contributed by atoms with Gasteiger partial charge in [-0.3, -0.25) is 0 Å². The van der Waals surface area contributed by atoms with E-state index in [1.165, 1.54) is 0 Å². The van der Waals surface area contributed by atoms with Crippen LogP contribution in [-0.4, -0.2) is 22.0 Å². The lowest BCUT2D eigenvalue weighted by molar-refractivity contribution is 0.777. The highest BCUT2D eigenvalue weighted by atomic mass is 15.0. The number of anilines is 1. The highest BCUT2D eigenvalue weighted by molar-refractivity contribution is 5.81. The molecule has 0 atom stereocenters. The number of nitrogens with zero attached hydrogens (tertiary/aromatic N) is 3. The van der Waals surface area contributed by atoms with Gasteiger partial charge in [0.25, 0.3) is 0 Å². The lowest BCUT2D eigenvalue weighted by Crippen LogP contribution is -2.03. The van der Waals surface area contributed by atoms with Crippen molar-refractivity contribution in [1.82, 2.24) is 15.0 Å². The van der Waals surface area contributed by atoms with Crippen molar-refractivity contribution < 1.29 is 0 Å². The minimum atomic E-state index is 0.275. The van der Waals surface area contributed by atoms with Gasteiger partial charge in [-0.1, -0.05) is 38.1 Å². The molecule has 0 aliphatic carbocycles. The van der Waals surface area contributed by atoms with Crippen molar-refractivity contribution in [2.75, 3.05) is 12.4 Å². The average Bonchev–Trinajstić information content (AvgIpc) is 2.53. The molecule has 0 unspecified atom stereocenters. The zero-order chi connectivity index (χ0) is 14.8. The Hall–Kier alpha value is -2.49. The molecule has 0 radical (unpaired) electrons. The summed E-state index contributed by atoms with van der Waals surface area (Å²) in [6, 6.07) is 14.1. The first-order valence-electron chi connectivity index (χ1n) is 7.10. The first kappa shape index (κ1) is 13.5. The van der Waals surface area contributed by atoms with Crippen molar-refractivity contribution in [3.05, 3.63) is 48.3 Å². The van der Waals surface area contributed by atoms with E-state index in [1.807, 2.05) is 37.4 Å². The van der Waals surface area contributed by atoms with Crippen molar-refractivity contribution >= 4 is 16.7 Å². The van der Waals surface area contributed by atoms with E-state index in [-0.39, 0.29) is 5.92 Å². The second-order valence-electron chi connectivity index (χ2n) is 5.29. The van der Waals surface area contributed by atoms with Gasteiger partial charge in [-0.05, 0) is 12.1 Å². The predicted octanol–water partition coefficient (Wildman–Crippen LogP) is 3.86. The van der Waals surface area contributed by atoms with E-state index < -0.39 is 0 Å². The Bertz CT molecular complexity index is 781. The molecule has 4 heteroatoms. The number of nitrogens with one attached hydrogen (secondary N) is 1. The van der Waals surface area contributed by atoms with Crippen molar-refractivity contribution in [2.45, 2.75) is 19.8 Å². The van der Waals surface area contributed by atoms with Crippen LogP contribution in [0.25, 0.3) is 22.3 Å². The van der Waals surface area contributed by atoms with Crippen LogP contribution in [0.3, 0.4) is 0 Å². The third kappa shape index (κ3) is 2.70. The third-order valence-electron chi connectivity index (χ3n) is 3.38. The monoisotopic (exact) mass is 278 g/mol. The van der Waals surface area contributed by atoms with E-state index in [9.17, 15) is 0 Å². The highest BCUT2D eigenvalue weighted by Crippen LogP contribution is 2.23. The van der Waals surface area contributed by atoms with Gasteiger partial charge in [0.1, 0.15) is 11.6 Å². The normalized spacial score (nSPS) is 11.0. The number of rotatable bonds is 3. The van der Waals surface area contributed by atoms with Gasteiger partial charge in [0.05, 0.1) is 16.9 Å². The molecule has 21 heavy (non-hydrogen) atoms. The molecule has 0 amide bonds. The number of hydrogen-bond acceptors (Lipinski definition) is 4. The van der Waals surface area contributed by atoms with Gasteiger partial charge in [-0.2, -0.15) is 0 Å². The number of para-hydroxylation sites is 1. The number of hydrogen-bond donors (Lipinski definition) is 1. The number of fused-ring (bicyclic) bond motifs is 1. The van der Waals surface area contributed by atoms with Crippen LogP contribution in [0.2, 0.25) is 0 Å². The summed E-state index contributed by atoms with van der Waals surface area (Å²) in [5, 5.41) is 4.22. The fourth-order valence-electron chi connectivity index (χ4n) is 2.19. The summed E-state index contributed by atoms with van der Waals surface area (Å²) in [6.45, 7) is 4.18. The molecule has 2 aromatic heterocycles. The van der Waals surface area contributed by atoms with Gasteiger partial charge in [0.2, 0.25) is 0 Å². The molecule has 2 heterocycles. The molecule has 0 aliphatic rings. The zero-order valence-corrected chi connectivity index (χ0v) is 12.5. The van der Waals surface area contributed by atoms with Gasteiger partial charge < -0.3 is 5.32 Å². The van der Waals surface area contributed by atoms with Crippen molar-refractivity contribution in [1.29, 1.82) is 0 Å². The average molecular weight is 278 g/mol. The summed E-state index contributed by atoms with van der Waals surface area (Å²) in [5.74, 6) is 1.92. The van der Waals surface area contributed by atoms with Crippen LogP contribution in [0.4, 0.5) is 5.82 Å². The van der Waals surface area contributed by atoms with Crippen LogP contribution in [-0.2, 0) is 0 Å². The molecule has 0 saturated heterocycles. The molecular formula is C17H18N4. The van der Waals surface area contributed by atoms with Crippen molar-refractivity contribution in [2.24, 2.45) is 0 Å². The zero-order valence-electron chi connectivity index (χ0n) is 12.5. The highest BCUT2D eigenvalue weighted by Gasteiger charge is 2.10. The largest absolute Gasteiger partial charge is 0.373 e. The maximum absolute atomic E-state index is 4.70. The first-order chi connectivity index (χ1) is 10.2. The fraction of sp³-hybridized carbons (Fsp3) is 0.235. The predicted molar refractivity (Wildman–Crippen MR) is 86.4 cm³/mol. The van der Waals surface area contributed by atoms with Crippen molar-refractivity contribution in [3.63, 3.8) is 0 Å². The minimum absolute atomic E-state index is 0.275. The van der Waals surface area contributed by atoms with Crippen LogP contribution >= 0.6 is 0 Å². The molecule has 0 spiro atoms. The number of pyridine rings is 1. The van der Waals surface area contributed by atoms with E-state index in [0.717, 1.165) is 33.9 Å². The lowest BCUT2D eigenvalue weighted by atomic mass is 10.1. The van der Waals surface area contributed by atoms with Crippen LogP contribution in [0.15, 0.2) is 42.5 Å². The van der Waals surface area contributed by atoms with Gasteiger partial charge in [-0.15, -0.1) is 0 Å². The van der Waals surface area contributed by atoms with Crippen molar-refractivity contribution in [3.8, 4) is 11.4 Å². The molecule has 3 rings (SSSR count). The summed E-state index contributed by atoms with van der Waals surface area (Å²) in [6.07, 6.45) is 0. The number of aromatic nitrogens is 3. The molecule has 0 bridgehead atoms. The topological polar surface area (TPSA) is 50.7 Å². The summed E-state index contributed by atoms with van der Waals surface area (Å²) >= 11 is 0. The quantitative estimate of drug-likeness (QED) is 0.790. The Morgan fingerprint density at radius 3 is 2.48 bits per heavy atom.